The summed E-state index contributed by atoms with van der Waals surface area (Å²) in [7, 11) is 0. The van der Waals surface area contributed by atoms with E-state index in [2.05, 4.69) is 65.7 Å². The molecule has 0 bridgehead atoms. The number of aryl methyl sites for hydroxylation is 1. The summed E-state index contributed by atoms with van der Waals surface area (Å²) in [6.45, 7) is 7.19. The first-order chi connectivity index (χ1) is 19.4. The minimum atomic E-state index is 0.646. The average Bonchev–Trinajstić information content (AvgIpc) is 3.37. The highest BCUT2D eigenvalue weighted by Crippen LogP contribution is 2.18. The van der Waals surface area contributed by atoms with Gasteiger partial charge in [0.1, 0.15) is 12.4 Å². The van der Waals surface area contributed by atoms with Gasteiger partial charge in [0.2, 0.25) is 0 Å². The third-order valence-corrected chi connectivity index (χ3v) is 8.13. The van der Waals surface area contributed by atoms with E-state index in [0.717, 1.165) is 13.2 Å². The first-order valence-electron chi connectivity index (χ1n) is 17.1. The van der Waals surface area contributed by atoms with Crippen molar-refractivity contribution in [2.24, 2.45) is 0 Å². The van der Waals surface area contributed by atoms with Crippen LogP contribution < -0.4 is 4.57 Å². The summed E-state index contributed by atoms with van der Waals surface area (Å²) in [5, 5.41) is 0. The number of hydrogen-bond donors (Lipinski definition) is 0. The summed E-state index contributed by atoms with van der Waals surface area (Å²) in [5.74, 6) is 1.28. The molecule has 0 aliphatic heterocycles. The molecule has 1 aromatic carbocycles. The Morgan fingerprint density at radius 1 is 0.564 bits per heavy atom. The largest absolute Gasteiger partial charge is 0.342 e. The molecule has 0 aliphatic rings. The first kappa shape index (κ1) is 33.6. The molecule has 0 amide bonds. The lowest BCUT2D eigenvalue weighted by atomic mass is 10.1. The zero-order valence-corrected chi connectivity index (χ0v) is 26.0. The fourth-order valence-electron chi connectivity index (χ4n) is 5.65. The summed E-state index contributed by atoms with van der Waals surface area (Å²) in [6, 6.07) is 10.8. The number of nitrogens with zero attached hydrogens (tertiary/aromatic N) is 2. The molecule has 0 saturated heterocycles. The number of unbranched alkanes of at least 4 members (excludes halogenated alkanes) is 20. The van der Waals surface area contributed by atoms with Crippen molar-refractivity contribution in [1.29, 1.82) is 0 Å². The molecule has 0 fully saturated rings. The van der Waals surface area contributed by atoms with E-state index >= 15 is 0 Å². The van der Waals surface area contributed by atoms with Crippen molar-refractivity contribution in [2.75, 3.05) is 6.61 Å². The zero-order chi connectivity index (χ0) is 27.6. The molecule has 222 valence electrons. The van der Waals surface area contributed by atoms with Crippen LogP contribution in [0.3, 0.4) is 0 Å². The van der Waals surface area contributed by atoms with E-state index in [0.29, 0.717) is 6.73 Å². The normalized spacial score (nSPS) is 11.4. The number of benzene rings is 1. The average molecular weight is 540 g/mol. The summed E-state index contributed by atoms with van der Waals surface area (Å²) >= 11 is 0. The van der Waals surface area contributed by atoms with Gasteiger partial charge in [0.15, 0.2) is 6.73 Å². The predicted molar refractivity (Wildman–Crippen MR) is 169 cm³/mol. The molecule has 1 aromatic heterocycles. The maximum absolute atomic E-state index is 6.14. The minimum absolute atomic E-state index is 0.646. The highest BCUT2D eigenvalue weighted by Gasteiger charge is 2.19. The van der Waals surface area contributed by atoms with Gasteiger partial charge in [0.05, 0.1) is 18.7 Å². The molecule has 0 spiro atoms. The van der Waals surface area contributed by atoms with E-state index in [1.165, 1.54) is 153 Å². The van der Waals surface area contributed by atoms with E-state index in [9.17, 15) is 0 Å². The lowest BCUT2D eigenvalue weighted by Crippen LogP contribution is -2.36. The zero-order valence-electron chi connectivity index (χ0n) is 26.0. The van der Waals surface area contributed by atoms with E-state index in [4.69, 9.17) is 4.74 Å². The molecule has 0 unspecified atom stereocenters. The van der Waals surface area contributed by atoms with Crippen molar-refractivity contribution in [3.05, 3.63) is 42.7 Å². The van der Waals surface area contributed by atoms with Gasteiger partial charge < -0.3 is 4.74 Å². The highest BCUT2D eigenvalue weighted by atomic mass is 16.5. The molecule has 2 aromatic rings. The monoisotopic (exact) mass is 539 g/mol. The van der Waals surface area contributed by atoms with Crippen molar-refractivity contribution in [3.8, 4) is 11.4 Å². The highest BCUT2D eigenvalue weighted by molar-refractivity contribution is 5.52. The summed E-state index contributed by atoms with van der Waals surface area (Å²) in [5.41, 5.74) is 1.28. The Balaban J connectivity index is 1.60. The van der Waals surface area contributed by atoms with Crippen LogP contribution in [0.25, 0.3) is 11.4 Å². The molecule has 0 N–H and O–H groups in total. The number of aromatic nitrogens is 2. The van der Waals surface area contributed by atoms with Crippen LogP contribution in [0.5, 0.6) is 0 Å². The Kier molecular flexibility index (Phi) is 20.9. The smallest absolute Gasteiger partial charge is 0.290 e. The van der Waals surface area contributed by atoms with Gasteiger partial charge in [0.25, 0.3) is 5.82 Å². The van der Waals surface area contributed by atoms with E-state index in [1.807, 2.05) is 0 Å². The molecule has 0 aliphatic carbocycles. The lowest BCUT2D eigenvalue weighted by molar-refractivity contribution is -0.722. The number of rotatable bonds is 27. The molecule has 3 heteroatoms. The van der Waals surface area contributed by atoms with Crippen molar-refractivity contribution >= 4 is 0 Å². The molecular weight excluding hydrogens is 476 g/mol. The van der Waals surface area contributed by atoms with Crippen LogP contribution in [-0.2, 0) is 18.0 Å². The third kappa shape index (κ3) is 16.3. The predicted octanol–water partition coefficient (Wildman–Crippen LogP) is 11.0. The lowest BCUT2D eigenvalue weighted by Gasteiger charge is -2.07. The fraction of sp³-hybridized carbons (Fsp3) is 0.750. The molecular formula is C36H63N2O+. The SMILES string of the molecule is CCCCCCCCCCCCCCOC[n+]1ccn(CCCCCCCCCCCC)c1-c1ccccc1. The van der Waals surface area contributed by atoms with Gasteiger partial charge >= 0.3 is 0 Å². The Hall–Kier alpha value is -1.61. The molecule has 0 atom stereocenters. The van der Waals surface area contributed by atoms with Gasteiger partial charge in [-0.25, -0.2) is 9.13 Å². The number of imidazole rings is 1. The molecule has 3 nitrogen and oxygen atoms in total. The second kappa shape index (κ2) is 24.2. The van der Waals surface area contributed by atoms with Crippen LogP contribution in [-0.4, -0.2) is 11.2 Å². The van der Waals surface area contributed by atoms with Crippen LogP contribution in [0.15, 0.2) is 42.7 Å². The van der Waals surface area contributed by atoms with E-state index in [-0.39, 0.29) is 0 Å². The number of ether oxygens (including phenoxy) is 1. The Morgan fingerprint density at radius 3 is 1.54 bits per heavy atom. The summed E-state index contributed by atoms with van der Waals surface area (Å²) < 4.78 is 10.9. The maximum Gasteiger partial charge on any atom is 0.290 e. The molecule has 1 heterocycles. The van der Waals surface area contributed by atoms with Gasteiger partial charge in [-0.05, 0) is 31.4 Å². The van der Waals surface area contributed by atoms with Gasteiger partial charge in [-0.3, -0.25) is 0 Å². The van der Waals surface area contributed by atoms with Crippen LogP contribution in [0.1, 0.15) is 155 Å². The standard InChI is InChI=1S/C36H63N2O/c1-3-5-7-9-11-13-15-16-18-20-22-27-33-39-34-38-32-31-37(36(38)35-28-24-23-25-29-35)30-26-21-19-17-14-12-10-8-6-4-2/h23-25,28-29,31-32H,3-22,26-27,30,33-34H2,1-2H3/q+1. The van der Waals surface area contributed by atoms with Crippen LogP contribution in [0.4, 0.5) is 0 Å². The Labute approximate surface area is 242 Å². The molecule has 2 rings (SSSR count). The maximum atomic E-state index is 6.14. The molecule has 39 heavy (non-hydrogen) atoms. The molecule has 0 radical (unpaired) electrons. The Bertz CT molecular complexity index is 785. The third-order valence-electron chi connectivity index (χ3n) is 8.13. The van der Waals surface area contributed by atoms with Crippen LogP contribution in [0, 0.1) is 0 Å². The van der Waals surface area contributed by atoms with Gasteiger partial charge in [-0.2, -0.15) is 0 Å². The quantitative estimate of drug-likeness (QED) is 0.0815. The van der Waals surface area contributed by atoms with Gasteiger partial charge in [0, 0.05) is 0 Å². The van der Waals surface area contributed by atoms with Crippen molar-refractivity contribution in [3.63, 3.8) is 0 Å². The minimum Gasteiger partial charge on any atom is -0.342 e. The summed E-state index contributed by atoms with van der Waals surface area (Å²) in [4.78, 5) is 0. The first-order valence-corrected chi connectivity index (χ1v) is 17.1. The second-order valence-corrected chi connectivity index (χ2v) is 11.8. The fourth-order valence-corrected chi connectivity index (χ4v) is 5.65. The van der Waals surface area contributed by atoms with E-state index in [1.54, 1.807) is 0 Å². The Morgan fingerprint density at radius 2 is 1.03 bits per heavy atom. The number of hydrogen-bond acceptors (Lipinski definition) is 1. The molecule has 0 saturated carbocycles. The van der Waals surface area contributed by atoms with Crippen LogP contribution >= 0.6 is 0 Å². The topological polar surface area (TPSA) is 18.0 Å². The van der Waals surface area contributed by atoms with Crippen molar-refractivity contribution in [2.45, 2.75) is 168 Å². The van der Waals surface area contributed by atoms with Crippen LogP contribution in [0.2, 0.25) is 0 Å². The van der Waals surface area contributed by atoms with Gasteiger partial charge in [-0.1, -0.05) is 154 Å². The van der Waals surface area contributed by atoms with Crippen molar-refractivity contribution < 1.29 is 9.30 Å². The summed E-state index contributed by atoms with van der Waals surface area (Å²) in [6.07, 6.45) is 34.9. The van der Waals surface area contributed by atoms with E-state index < -0.39 is 0 Å². The van der Waals surface area contributed by atoms with Crippen molar-refractivity contribution in [1.82, 2.24) is 4.57 Å². The second-order valence-electron chi connectivity index (χ2n) is 11.8. The van der Waals surface area contributed by atoms with Gasteiger partial charge in [-0.15, -0.1) is 0 Å².